The molecule has 8 heteroatoms. The molecule has 0 aromatic carbocycles. The molecular weight excluding hydrogens is 320 g/mol. The largest absolute Gasteiger partial charge is 0.394 e. The van der Waals surface area contributed by atoms with Gasteiger partial charge in [-0.3, -0.25) is 5.26 Å². The molecule has 0 aliphatic carbocycles. The zero-order chi connectivity index (χ0) is 18.5. The fourth-order valence-corrected chi connectivity index (χ4v) is 2.22. The van der Waals surface area contributed by atoms with Crippen molar-refractivity contribution in [2.45, 2.75) is 69.1 Å². The fraction of sp³-hybridized carbons (Fsp3) is 0.750. The Labute approximate surface area is 141 Å². The van der Waals surface area contributed by atoms with Gasteiger partial charge < -0.3 is 29.9 Å². The normalized spacial score (nSPS) is 34.2. The molecule has 1 aliphatic heterocycles. The molecule has 8 nitrogen and oxygen atoms in total. The minimum atomic E-state index is -1.51. The predicted octanol–water partition coefficient (Wildman–Crippen LogP) is -0.0379. The van der Waals surface area contributed by atoms with Gasteiger partial charge in [0.1, 0.15) is 30.0 Å². The molecule has 0 aromatic rings. The van der Waals surface area contributed by atoms with Gasteiger partial charge in [-0.1, -0.05) is 18.2 Å². The summed E-state index contributed by atoms with van der Waals surface area (Å²) in [4.78, 5) is 4.30. The van der Waals surface area contributed by atoms with Crippen LogP contribution in [0.1, 0.15) is 27.2 Å². The molecular formula is C16H28O8. The van der Waals surface area contributed by atoms with Crippen LogP contribution in [0.3, 0.4) is 0 Å². The van der Waals surface area contributed by atoms with Crippen molar-refractivity contribution in [3.8, 4) is 0 Å². The smallest absolute Gasteiger partial charge is 0.187 e. The lowest BCUT2D eigenvalue weighted by molar-refractivity contribution is -0.319. The Kier molecular flexibility index (Phi) is 7.51. The third-order valence-corrected chi connectivity index (χ3v) is 3.94. The Hall–Kier alpha value is -0.840. The summed E-state index contributed by atoms with van der Waals surface area (Å²) in [5.41, 5.74) is -1.83. The highest BCUT2D eigenvalue weighted by Gasteiger charge is 2.45. The van der Waals surface area contributed by atoms with E-state index in [2.05, 4.69) is 11.5 Å². The molecule has 1 fully saturated rings. The van der Waals surface area contributed by atoms with Crippen molar-refractivity contribution in [2.75, 3.05) is 6.61 Å². The minimum Gasteiger partial charge on any atom is -0.394 e. The molecule has 0 bridgehead atoms. The predicted molar refractivity (Wildman–Crippen MR) is 85.0 cm³/mol. The SMILES string of the molecule is C=C[C@](C)(CC=CC(C)(C)OO)O[C@@H]1O[C@H](CO)[C@@H](O)[C@H](O)[C@H]1O. The Morgan fingerprint density at radius 1 is 1.12 bits per heavy atom. The molecule has 0 unspecified atom stereocenters. The molecule has 1 rings (SSSR count). The van der Waals surface area contributed by atoms with Gasteiger partial charge in [0.2, 0.25) is 0 Å². The molecule has 0 radical (unpaired) electrons. The Balaban J connectivity index is 2.80. The summed E-state index contributed by atoms with van der Waals surface area (Å²) in [7, 11) is 0. The van der Waals surface area contributed by atoms with E-state index in [1.165, 1.54) is 6.08 Å². The van der Waals surface area contributed by atoms with Crippen LogP contribution in [0.2, 0.25) is 0 Å². The third-order valence-electron chi connectivity index (χ3n) is 3.94. The molecule has 6 atom stereocenters. The molecule has 0 aromatic heterocycles. The Bertz CT molecular complexity index is 436. The van der Waals surface area contributed by atoms with E-state index in [1.54, 1.807) is 32.9 Å². The van der Waals surface area contributed by atoms with E-state index < -0.39 is 48.5 Å². The van der Waals surface area contributed by atoms with Gasteiger partial charge >= 0.3 is 0 Å². The average Bonchev–Trinajstić information content (AvgIpc) is 2.55. The summed E-state index contributed by atoms with van der Waals surface area (Å²) < 4.78 is 11.0. The monoisotopic (exact) mass is 348 g/mol. The van der Waals surface area contributed by atoms with Crippen molar-refractivity contribution in [3.05, 3.63) is 24.8 Å². The number of aliphatic hydroxyl groups is 4. The van der Waals surface area contributed by atoms with Crippen molar-refractivity contribution >= 4 is 0 Å². The highest BCUT2D eigenvalue weighted by atomic mass is 17.1. The summed E-state index contributed by atoms with van der Waals surface area (Å²) in [5, 5.41) is 47.5. The van der Waals surface area contributed by atoms with Gasteiger partial charge in [0.15, 0.2) is 6.29 Å². The summed E-state index contributed by atoms with van der Waals surface area (Å²) in [6.45, 7) is 8.18. The molecule has 24 heavy (non-hydrogen) atoms. The van der Waals surface area contributed by atoms with E-state index >= 15 is 0 Å². The number of rotatable bonds is 8. The lowest BCUT2D eigenvalue weighted by Crippen LogP contribution is -2.60. The second-order valence-corrected chi connectivity index (χ2v) is 6.63. The first-order valence-corrected chi connectivity index (χ1v) is 7.71. The van der Waals surface area contributed by atoms with E-state index in [-0.39, 0.29) is 0 Å². The third kappa shape index (κ3) is 5.33. The number of hydrogen-bond donors (Lipinski definition) is 5. The van der Waals surface area contributed by atoms with E-state index in [0.29, 0.717) is 6.42 Å². The molecule has 0 spiro atoms. The van der Waals surface area contributed by atoms with E-state index in [9.17, 15) is 20.4 Å². The van der Waals surface area contributed by atoms with Gasteiger partial charge in [-0.15, -0.1) is 6.58 Å². The molecule has 140 valence electrons. The average molecular weight is 348 g/mol. The van der Waals surface area contributed by atoms with Gasteiger partial charge in [-0.25, -0.2) is 4.89 Å². The molecule has 1 saturated heterocycles. The highest BCUT2D eigenvalue weighted by Crippen LogP contribution is 2.28. The first-order valence-electron chi connectivity index (χ1n) is 7.71. The van der Waals surface area contributed by atoms with Crippen LogP contribution in [-0.4, -0.2) is 74.2 Å². The van der Waals surface area contributed by atoms with Gasteiger partial charge in [0, 0.05) is 0 Å². The van der Waals surface area contributed by atoms with Crippen LogP contribution in [-0.2, 0) is 14.4 Å². The zero-order valence-electron chi connectivity index (χ0n) is 14.2. The molecule has 1 aliphatic rings. The van der Waals surface area contributed by atoms with Crippen LogP contribution in [0.15, 0.2) is 24.8 Å². The second kappa shape index (κ2) is 8.50. The van der Waals surface area contributed by atoms with Crippen LogP contribution in [0.5, 0.6) is 0 Å². The zero-order valence-corrected chi connectivity index (χ0v) is 14.2. The minimum absolute atomic E-state index is 0.318. The maximum atomic E-state index is 10.0. The summed E-state index contributed by atoms with van der Waals surface area (Å²) in [6.07, 6.45) is -1.56. The second-order valence-electron chi connectivity index (χ2n) is 6.63. The number of hydrogen-bond acceptors (Lipinski definition) is 8. The van der Waals surface area contributed by atoms with Crippen molar-refractivity contribution in [3.63, 3.8) is 0 Å². The van der Waals surface area contributed by atoms with Crippen molar-refractivity contribution < 1.29 is 40.0 Å². The molecule has 0 saturated carbocycles. The quantitative estimate of drug-likeness (QED) is 0.235. The maximum Gasteiger partial charge on any atom is 0.187 e. The van der Waals surface area contributed by atoms with Crippen LogP contribution >= 0.6 is 0 Å². The molecule has 0 amide bonds. The van der Waals surface area contributed by atoms with Crippen molar-refractivity contribution in [2.24, 2.45) is 0 Å². The van der Waals surface area contributed by atoms with Crippen LogP contribution < -0.4 is 0 Å². The highest BCUT2D eigenvalue weighted by molar-refractivity contribution is 5.05. The van der Waals surface area contributed by atoms with E-state index in [4.69, 9.17) is 14.7 Å². The maximum absolute atomic E-state index is 10.0. The first kappa shape index (κ1) is 21.2. The van der Waals surface area contributed by atoms with Gasteiger partial charge in [0.25, 0.3) is 0 Å². The molecule has 1 heterocycles. The standard InChI is InChI=1S/C16H28O8/c1-5-16(4,8-6-7-15(2,3)24-21)23-14-13(20)12(19)11(18)10(9-17)22-14/h5-7,10-14,17-21H,1,8-9H2,2-4H3/t10-,11-,12+,13-,14+,16-/m1/s1. The topological polar surface area (TPSA) is 129 Å². The van der Waals surface area contributed by atoms with Gasteiger partial charge in [0.05, 0.1) is 12.2 Å². The van der Waals surface area contributed by atoms with Crippen molar-refractivity contribution in [1.82, 2.24) is 0 Å². The lowest BCUT2D eigenvalue weighted by Gasteiger charge is -2.42. The van der Waals surface area contributed by atoms with Crippen LogP contribution in [0.4, 0.5) is 0 Å². The summed E-state index contributed by atoms with van der Waals surface area (Å²) in [6, 6.07) is 0. The summed E-state index contributed by atoms with van der Waals surface area (Å²) >= 11 is 0. The summed E-state index contributed by atoms with van der Waals surface area (Å²) in [5.74, 6) is 0. The number of ether oxygens (including phenoxy) is 2. The van der Waals surface area contributed by atoms with Crippen LogP contribution in [0, 0.1) is 0 Å². The Morgan fingerprint density at radius 3 is 2.25 bits per heavy atom. The van der Waals surface area contributed by atoms with Crippen molar-refractivity contribution in [1.29, 1.82) is 0 Å². The molecule has 5 N–H and O–H groups in total. The van der Waals surface area contributed by atoms with Crippen LogP contribution in [0.25, 0.3) is 0 Å². The lowest BCUT2D eigenvalue weighted by atomic mass is 9.97. The number of aliphatic hydroxyl groups excluding tert-OH is 4. The van der Waals surface area contributed by atoms with Gasteiger partial charge in [-0.2, -0.15) is 0 Å². The first-order chi connectivity index (χ1) is 11.1. The fourth-order valence-electron chi connectivity index (χ4n) is 2.22. The van der Waals surface area contributed by atoms with E-state index in [1.807, 2.05) is 0 Å². The van der Waals surface area contributed by atoms with E-state index in [0.717, 1.165) is 0 Å². The van der Waals surface area contributed by atoms with Gasteiger partial charge in [-0.05, 0) is 27.2 Å². The Morgan fingerprint density at radius 2 is 1.75 bits per heavy atom.